The second kappa shape index (κ2) is 7.95. The first-order valence-electron chi connectivity index (χ1n) is 10.0. The van der Waals surface area contributed by atoms with E-state index in [1.54, 1.807) is 19.4 Å². The zero-order valence-electron chi connectivity index (χ0n) is 17.3. The molecule has 8 nitrogen and oxygen atoms in total. The van der Waals surface area contributed by atoms with Crippen LogP contribution in [0.3, 0.4) is 0 Å². The summed E-state index contributed by atoms with van der Waals surface area (Å²) in [6.07, 6.45) is 5.77. The lowest BCUT2D eigenvalue weighted by molar-refractivity contribution is -0.385. The molecule has 1 unspecified atom stereocenters. The fraction of sp³-hybridized carbons (Fsp3) is 0.273. The Morgan fingerprint density at radius 1 is 1.25 bits per heavy atom. The first kappa shape index (κ1) is 20.5. The predicted octanol–water partition coefficient (Wildman–Crippen LogP) is 5.63. The van der Waals surface area contributed by atoms with Gasteiger partial charge in [-0.2, -0.15) is 0 Å². The van der Waals surface area contributed by atoms with Crippen LogP contribution in [0.1, 0.15) is 24.6 Å². The van der Waals surface area contributed by atoms with Crippen molar-refractivity contribution in [3.8, 4) is 22.2 Å². The number of nitro benzene ring substituents is 1. The van der Waals surface area contributed by atoms with Gasteiger partial charge in [0.2, 0.25) is 0 Å². The number of benzene rings is 1. The van der Waals surface area contributed by atoms with Gasteiger partial charge in [0.1, 0.15) is 17.7 Å². The van der Waals surface area contributed by atoms with Gasteiger partial charge in [-0.25, -0.2) is 9.37 Å². The molecule has 0 radical (unpaired) electrons. The number of fused-ring (bicyclic) bond motifs is 1. The third-order valence-corrected chi connectivity index (χ3v) is 6.70. The van der Waals surface area contributed by atoms with E-state index in [4.69, 9.17) is 9.47 Å². The Hall–Kier alpha value is -3.37. The summed E-state index contributed by atoms with van der Waals surface area (Å²) in [6.45, 7) is 0. The number of hydrogen-bond acceptors (Lipinski definition) is 7. The fourth-order valence-corrected chi connectivity index (χ4v) is 4.88. The lowest BCUT2D eigenvalue weighted by atomic mass is 10.2. The maximum atomic E-state index is 14.3. The molecule has 164 valence electrons. The zero-order valence-corrected chi connectivity index (χ0v) is 18.1. The van der Waals surface area contributed by atoms with Crippen LogP contribution < -0.4 is 4.74 Å². The van der Waals surface area contributed by atoms with Gasteiger partial charge in [-0.3, -0.25) is 15.1 Å². The number of ether oxygens (including phenoxy) is 2. The number of pyridine rings is 1. The molecule has 0 aliphatic heterocycles. The van der Waals surface area contributed by atoms with Gasteiger partial charge in [-0.05, 0) is 30.9 Å². The number of nitrogens with zero attached hydrogens (tertiary/aromatic N) is 4. The summed E-state index contributed by atoms with van der Waals surface area (Å²) in [5, 5.41) is 10.8. The predicted molar refractivity (Wildman–Crippen MR) is 117 cm³/mol. The summed E-state index contributed by atoms with van der Waals surface area (Å²) < 4.78 is 28.6. The number of aromatic nitrogens is 3. The third kappa shape index (κ3) is 3.61. The van der Waals surface area contributed by atoms with Crippen molar-refractivity contribution in [3.05, 3.63) is 64.4 Å². The Morgan fingerprint density at radius 3 is 2.75 bits per heavy atom. The highest BCUT2D eigenvalue weighted by atomic mass is 32.1. The number of methoxy groups -OCH3 is 1. The quantitative estimate of drug-likeness (QED) is 0.265. The van der Waals surface area contributed by atoms with E-state index in [-0.39, 0.29) is 17.5 Å². The van der Waals surface area contributed by atoms with E-state index in [2.05, 4.69) is 9.97 Å². The number of imidazole rings is 1. The lowest BCUT2D eigenvalue weighted by Crippen LogP contribution is -2.09. The van der Waals surface area contributed by atoms with Crippen molar-refractivity contribution in [2.24, 2.45) is 13.0 Å². The van der Waals surface area contributed by atoms with Crippen LogP contribution in [-0.4, -0.2) is 26.6 Å². The summed E-state index contributed by atoms with van der Waals surface area (Å²) in [6, 6.07) is 6.86. The SMILES string of the molecule is COC(c1cnc(-c2cc3nccc(Oc4ccc([N+](=O)[O-])cc4F)c3s2)n1C)C1CC1. The minimum atomic E-state index is -0.805. The first-order valence-corrected chi connectivity index (χ1v) is 10.8. The van der Waals surface area contributed by atoms with Crippen LogP contribution in [0, 0.1) is 21.8 Å². The van der Waals surface area contributed by atoms with Crippen molar-refractivity contribution in [1.82, 2.24) is 14.5 Å². The van der Waals surface area contributed by atoms with Crippen molar-refractivity contribution in [1.29, 1.82) is 0 Å². The van der Waals surface area contributed by atoms with Crippen LogP contribution in [0.5, 0.6) is 11.5 Å². The molecule has 4 aromatic rings. The molecule has 0 N–H and O–H groups in total. The molecule has 1 aliphatic carbocycles. The van der Waals surface area contributed by atoms with E-state index >= 15 is 0 Å². The Labute approximate surface area is 186 Å². The van der Waals surface area contributed by atoms with Crippen LogP contribution in [-0.2, 0) is 11.8 Å². The van der Waals surface area contributed by atoms with Gasteiger partial charge < -0.3 is 14.0 Å². The highest BCUT2D eigenvalue weighted by Crippen LogP contribution is 2.44. The molecule has 0 saturated heterocycles. The van der Waals surface area contributed by atoms with Gasteiger partial charge in [0, 0.05) is 32.5 Å². The molecule has 1 fully saturated rings. The minimum absolute atomic E-state index is 0.0257. The van der Waals surface area contributed by atoms with Crippen LogP contribution in [0.25, 0.3) is 20.9 Å². The summed E-state index contributed by atoms with van der Waals surface area (Å²) in [4.78, 5) is 20.1. The average Bonchev–Trinajstić information content (AvgIpc) is 3.40. The Balaban J connectivity index is 1.49. The number of thiophene rings is 1. The van der Waals surface area contributed by atoms with E-state index in [1.807, 2.05) is 23.9 Å². The van der Waals surface area contributed by atoms with Crippen molar-refractivity contribution in [2.45, 2.75) is 18.9 Å². The van der Waals surface area contributed by atoms with Crippen LogP contribution in [0.15, 0.2) is 42.7 Å². The van der Waals surface area contributed by atoms with Gasteiger partial charge in [-0.1, -0.05) is 0 Å². The number of halogens is 1. The standard InChI is InChI=1S/C22H19FN4O4S/c1-26-16(20(30-2)12-3-4-12)11-25-22(26)19-10-15-21(32-19)18(7-8-24-15)31-17-6-5-13(27(28)29)9-14(17)23/h5-12,20H,3-4H2,1-2H3. The number of hydrogen-bond donors (Lipinski definition) is 0. The number of non-ortho nitro benzene ring substituents is 1. The molecule has 3 aromatic heterocycles. The molecule has 1 atom stereocenters. The Kier molecular flexibility index (Phi) is 5.10. The molecule has 0 spiro atoms. The normalized spacial score (nSPS) is 14.6. The lowest BCUT2D eigenvalue weighted by Gasteiger charge is -2.15. The minimum Gasteiger partial charge on any atom is -0.453 e. The second-order valence-corrected chi connectivity index (χ2v) is 8.72. The molecule has 3 heterocycles. The Bertz CT molecular complexity index is 1330. The maximum absolute atomic E-state index is 14.3. The summed E-state index contributed by atoms with van der Waals surface area (Å²) in [5.74, 6) is 0.841. The fourth-order valence-electron chi connectivity index (χ4n) is 3.78. The van der Waals surface area contributed by atoms with Crippen molar-refractivity contribution in [2.75, 3.05) is 7.11 Å². The molecule has 32 heavy (non-hydrogen) atoms. The zero-order chi connectivity index (χ0) is 22.4. The topological polar surface area (TPSA) is 92.3 Å². The van der Waals surface area contributed by atoms with Crippen molar-refractivity contribution in [3.63, 3.8) is 0 Å². The molecule has 0 bridgehead atoms. The van der Waals surface area contributed by atoms with E-state index < -0.39 is 10.7 Å². The van der Waals surface area contributed by atoms with Crippen molar-refractivity contribution < 1.29 is 18.8 Å². The van der Waals surface area contributed by atoms with E-state index in [0.29, 0.717) is 17.2 Å². The van der Waals surface area contributed by atoms with Gasteiger partial charge in [0.25, 0.3) is 5.69 Å². The van der Waals surface area contributed by atoms with Gasteiger partial charge >= 0.3 is 0 Å². The number of rotatable bonds is 7. The maximum Gasteiger partial charge on any atom is 0.272 e. The molecule has 10 heteroatoms. The van der Waals surface area contributed by atoms with E-state index in [9.17, 15) is 14.5 Å². The smallest absolute Gasteiger partial charge is 0.272 e. The van der Waals surface area contributed by atoms with Gasteiger partial charge in [-0.15, -0.1) is 11.3 Å². The third-order valence-electron chi connectivity index (χ3n) is 5.56. The van der Waals surface area contributed by atoms with Gasteiger partial charge in [0.15, 0.2) is 11.6 Å². The summed E-state index contributed by atoms with van der Waals surface area (Å²) in [7, 11) is 3.69. The average molecular weight is 454 g/mol. The first-order chi connectivity index (χ1) is 15.5. The van der Waals surface area contributed by atoms with E-state index in [0.717, 1.165) is 40.0 Å². The monoisotopic (exact) mass is 454 g/mol. The summed E-state index contributed by atoms with van der Waals surface area (Å²) in [5.41, 5.74) is 1.39. The highest BCUT2D eigenvalue weighted by molar-refractivity contribution is 7.22. The van der Waals surface area contributed by atoms with Crippen LogP contribution in [0.4, 0.5) is 10.1 Å². The van der Waals surface area contributed by atoms with Crippen molar-refractivity contribution >= 4 is 27.2 Å². The highest BCUT2D eigenvalue weighted by Gasteiger charge is 2.34. The molecule has 1 aromatic carbocycles. The second-order valence-electron chi connectivity index (χ2n) is 7.67. The number of nitro groups is 1. The molecule has 1 saturated carbocycles. The van der Waals surface area contributed by atoms with Gasteiger partial charge in [0.05, 0.1) is 38.0 Å². The summed E-state index contributed by atoms with van der Waals surface area (Å²) >= 11 is 1.44. The molecular formula is C22H19FN4O4S. The molecule has 5 rings (SSSR count). The molecule has 1 aliphatic rings. The molecular weight excluding hydrogens is 435 g/mol. The van der Waals surface area contributed by atoms with Crippen LogP contribution in [0.2, 0.25) is 0 Å². The molecule has 0 amide bonds. The largest absolute Gasteiger partial charge is 0.453 e. The van der Waals surface area contributed by atoms with E-state index in [1.165, 1.54) is 23.5 Å². The van der Waals surface area contributed by atoms with Crippen LogP contribution >= 0.6 is 11.3 Å². The Morgan fingerprint density at radius 2 is 2.06 bits per heavy atom.